The molecule has 1 atom stereocenters. The van der Waals surface area contributed by atoms with Gasteiger partial charge in [-0.15, -0.1) is 0 Å². The molecule has 0 saturated carbocycles. The number of amides is 1. The molecule has 1 fully saturated rings. The molecule has 1 saturated heterocycles. The van der Waals surface area contributed by atoms with Gasteiger partial charge in [-0.3, -0.25) is 4.79 Å². The zero-order valence-electron chi connectivity index (χ0n) is 14.3. The van der Waals surface area contributed by atoms with Crippen LogP contribution in [0.4, 0.5) is 4.39 Å². The van der Waals surface area contributed by atoms with E-state index < -0.39 is 9.84 Å². The summed E-state index contributed by atoms with van der Waals surface area (Å²) in [6.45, 7) is 0.124. The van der Waals surface area contributed by atoms with Crippen molar-refractivity contribution < 1.29 is 17.6 Å². The van der Waals surface area contributed by atoms with E-state index in [1.807, 2.05) is 0 Å². The lowest BCUT2D eigenvalue weighted by Gasteiger charge is -2.29. The Balaban J connectivity index is 1.79. The molecule has 0 aromatic heterocycles. The van der Waals surface area contributed by atoms with Crippen LogP contribution in [0.15, 0.2) is 35.9 Å². The first kappa shape index (κ1) is 18.1. The number of nitrogens with zero attached hydrogens (tertiary/aromatic N) is 1. The lowest BCUT2D eigenvalue weighted by Crippen LogP contribution is -2.41. The molecule has 1 aliphatic carbocycles. The van der Waals surface area contributed by atoms with Crippen LogP contribution in [0.1, 0.15) is 44.1 Å². The second-order valence-corrected chi connectivity index (χ2v) is 9.18. The summed E-state index contributed by atoms with van der Waals surface area (Å²) in [5.74, 6) is -0.384. The van der Waals surface area contributed by atoms with Crippen molar-refractivity contribution in [1.82, 2.24) is 4.90 Å². The van der Waals surface area contributed by atoms with E-state index in [9.17, 15) is 17.6 Å². The molecule has 0 radical (unpaired) electrons. The molecule has 4 nitrogen and oxygen atoms in total. The Morgan fingerprint density at radius 1 is 1.24 bits per heavy atom. The van der Waals surface area contributed by atoms with Gasteiger partial charge in [0.1, 0.15) is 5.82 Å². The molecule has 25 heavy (non-hydrogen) atoms. The molecule has 1 heterocycles. The van der Waals surface area contributed by atoms with E-state index in [0.29, 0.717) is 18.4 Å². The van der Waals surface area contributed by atoms with Gasteiger partial charge in [-0.2, -0.15) is 0 Å². The molecule has 2 aliphatic rings. The van der Waals surface area contributed by atoms with Crippen molar-refractivity contribution in [3.05, 3.63) is 47.3 Å². The highest BCUT2D eigenvalue weighted by molar-refractivity contribution is 7.91. The number of allylic oxidation sites excluding steroid dienone is 1. The van der Waals surface area contributed by atoms with Gasteiger partial charge in [-0.1, -0.05) is 29.8 Å². The normalized spacial score (nSPS) is 22.4. The van der Waals surface area contributed by atoms with Crippen molar-refractivity contribution in [2.45, 2.75) is 51.1 Å². The number of hydrogen-bond acceptors (Lipinski definition) is 3. The Morgan fingerprint density at radius 3 is 2.68 bits per heavy atom. The van der Waals surface area contributed by atoms with Gasteiger partial charge in [0.05, 0.1) is 11.5 Å². The molecule has 0 bridgehead atoms. The van der Waals surface area contributed by atoms with Crippen molar-refractivity contribution in [2.75, 3.05) is 11.5 Å². The van der Waals surface area contributed by atoms with Gasteiger partial charge in [0.25, 0.3) is 0 Å². The van der Waals surface area contributed by atoms with Crippen molar-refractivity contribution in [2.24, 2.45) is 0 Å². The van der Waals surface area contributed by atoms with E-state index in [-0.39, 0.29) is 35.8 Å². The monoisotopic (exact) mass is 365 g/mol. The predicted octanol–water partition coefficient (Wildman–Crippen LogP) is 3.23. The third-order valence-corrected chi connectivity index (χ3v) is 6.78. The largest absolute Gasteiger partial charge is 0.334 e. The Kier molecular flexibility index (Phi) is 5.57. The average Bonchev–Trinajstić information content (AvgIpc) is 2.94. The molecular formula is C19H24FNO3S. The summed E-state index contributed by atoms with van der Waals surface area (Å²) in [6.07, 6.45) is 7.01. The van der Waals surface area contributed by atoms with E-state index in [4.69, 9.17) is 0 Å². The number of halogens is 1. The van der Waals surface area contributed by atoms with Crippen molar-refractivity contribution in [3.63, 3.8) is 0 Å². The van der Waals surface area contributed by atoms with Gasteiger partial charge in [0.2, 0.25) is 5.91 Å². The third-order valence-electron chi connectivity index (χ3n) is 5.03. The Bertz CT molecular complexity index is 773. The number of hydrogen-bond donors (Lipinski definition) is 0. The number of carbonyl (C=O) groups excluding carboxylic acids is 1. The van der Waals surface area contributed by atoms with Crippen LogP contribution in [0.25, 0.3) is 0 Å². The highest BCUT2D eigenvalue weighted by Gasteiger charge is 2.35. The highest BCUT2D eigenvalue weighted by Crippen LogP contribution is 2.25. The number of carbonyl (C=O) groups is 1. The first-order valence-electron chi connectivity index (χ1n) is 8.86. The average molecular weight is 365 g/mol. The van der Waals surface area contributed by atoms with Crippen LogP contribution in [-0.2, 0) is 21.2 Å². The lowest BCUT2D eigenvalue weighted by molar-refractivity contribution is -0.133. The molecule has 136 valence electrons. The smallest absolute Gasteiger partial charge is 0.227 e. The SMILES string of the molecule is O=C(CC1=CCCCC1)N(Cc1ccccc1F)C1CCS(=O)(=O)C1. The van der Waals surface area contributed by atoms with Crippen molar-refractivity contribution in [3.8, 4) is 0 Å². The fraction of sp³-hybridized carbons (Fsp3) is 0.526. The summed E-state index contributed by atoms with van der Waals surface area (Å²) in [5, 5.41) is 0. The number of benzene rings is 1. The van der Waals surface area contributed by atoms with E-state index in [0.717, 1.165) is 31.3 Å². The summed E-state index contributed by atoms with van der Waals surface area (Å²) in [4.78, 5) is 14.5. The highest BCUT2D eigenvalue weighted by atomic mass is 32.2. The zero-order valence-corrected chi connectivity index (χ0v) is 15.1. The first-order valence-corrected chi connectivity index (χ1v) is 10.7. The molecule has 3 rings (SSSR count). The minimum atomic E-state index is -3.11. The van der Waals surface area contributed by atoms with Crippen molar-refractivity contribution >= 4 is 15.7 Å². The van der Waals surface area contributed by atoms with Crippen LogP contribution < -0.4 is 0 Å². The minimum absolute atomic E-state index is 0.0216. The van der Waals surface area contributed by atoms with Crippen LogP contribution >= 0.6 is 0 Å². The van der Waals surface area contributed by atoms with Gasteiger partial charge in [0, 0.05) is 24.6 Å². The second kappa shape index (κ2) is 7.68. The maximum absolute atomic E-state index is 14.0. The molecule has 1 aromatic carbocycles. The lowest BCUT2D eigenvalue weighted by atomic mass is 9.96. The maximum Gasteiger partial charge on any atom is 0.227 e. The van der Waals surface area contributed by atoms with Gasteiger partial charge >= 0.3 is 0 Å². The molecule has 1 aromatic rings. The van der Waals surface area contributed by atoms with Crippen LogP contribution in [0, 0.1) is 5.82 Å². The number of rotatable bonds is 5. The fourth-order valence-corrected chi connectivity index (χ4v) is 5.34. The van der Waals surface area contributed by atoms with Gasteiger partial charge in [-0.05, 0) is 38.2 Å². The quantitative estimate of drug-likeness (QED) is 0.753. The second-order valence-electron chi connectivity index (χ2n) is 6.95. The van der Waals surface area contributed by atoms with E-state index in [2.05, 4.69) is 6.08 Å². The summed E-state index contributed by atoms with van der Waals surface area (Å²) in [5.41, 5.74) is 1.55. The third kappa shape index (κ3) is 4.69. The zero-order chi connectivity index (χ0) is 17.9. The van der Waals surface area contributed by atoms with Crippen molar-refractivity contribution in [1.29, 1.82) is 0 Å². The fourth-order valence-electron chi connectivity index (χ4n) is 3.61. The first-order chi connectivity index (χ1) is 11.9. The maximum atomic E-state index is 14.0. The molecule has 0 N–H and O–H groups in total. The van der Waals surface area contributed by atoms with Crippen LogP contribution in [0.5, 0.6) is 0 Å². The van der Waals surface area contributed by atoms with E-state index in [1.54, 1.807) is 23.1 Å². The van der Waals surface area contributed by atoms with Gasteiger partial charge in [-0.25, -0.2) is 12.8 Å². The molecule has 1 unspecified atom stereocenters. The summed E-state index contributed by atoms with van der Waals surface area (Å²) < 4.78 is 37.8. The predicted molar refractivity (Wildman–Crippen MR) is 95.2 cm³/mol. The molecule has 1 amide bonds. The Hall–Kier alpha value is -1.69. The van der Waals surface area contributed by atoms with E-state index >= 15 is 0 Å². The van der Waals surface area contributed by atoms with Crippen LogP contribution in [0.3, 0.4) is 0 Å². The van der Waals surface area contributed by atoms with Gasteiger partial charge < -0.3 is 4.90 Å². The molecular weight excluding hydrogens is 341 g/mol. The summed E-state index contributed by atoms with van der Waals surface area (Å²) in [6, 6.07) is 6.00. The molecule has 1 aliphatic heterocycles. The topological polar surface area (TPSA) is 54.5 Å². The summed E-state index contributed by atoms with van der Waals surface area (Å²) in [7, 11) is -3.11. The number of sulfone groups is 1. The van der Waals surface area contributed by atoms with Gasteiger partial charge in [0.15, 0.2) is 9.84 Å². The standard InChI is InChI=1S/C19H24FNO3S/c20-18-9-5-4-8-16(18)13-21(17-10-11-25(23,24)14-17)19(22)12-15-6-2-1-3-7-15/h4-6,8-9,17H,1-3,7,10-14H2. The minimum Gasteiger partial charge on any atom is -0.334 e. The Morgan fingerprint density at radius 2 is 2.04 bits per heavy atom. The van der Waals surface area contributed by atoms with E-state index in [1.165, 1.54) is 6.07 Å². The van der Waals surface area contributed by atoms with Crippen LogP contribution in [-0.4, -0.2) is 36.8 Å². The summed E-state index contributed by atoms with van der Waals surface area (Å²) >= 11 is 0. The Labute approximate surface area is 148 Å². The molecule has 0 spiro atoms. The van der Waals surface area contributed by atoms with Crippen LogP contribution in [0.2, 0.25) is 0 Å². The molecule has 6 heteroatoms.